The Kier molecular flexibility index (Phi) is 4.71. The van der Waals surface area contributed by atoms with Gasteiger partial charge in [0.1, 0.15) is 5.75 Å². The van der Waals surface area contributed by atoms with Gasteiger partial charge in [-0.2, -0.15) is 0 Å². The van der Waals surface area contributed by atoms with Crippen molar-refractivity contribution in [1.82, 2.24) is 10.3 Å². The minimum absolute atomic E-state index is 0.134. The summed E-state index contributed by atoms with van der Waals surface area (Å²) >= 11 is 0. The quantitative estimate of drug-likeness (QED) is 0.908. The molecule has 104 valence electrons. The molecule has 2 aromatic rings. The van der Waals surface area contributed by atoms with Crippen molar-refractivity contribution in [3.05, 3.63) is 59.9 Å². The van der Waals surface area contributed by atoms with Crippen LogP contribution in [0.4, 0.5) is 0 Å². The van der Waals surface area contributed by atoms with Crippen LogP contribution in [0.2, 0.25) is 0 Å². The molecule has 0 aliphatic carbocycles. The van der Waals surface area contributed by atoms with Crippen LogP contribution in [0.15, 0.2) is 48.8 Å². The maximum absolute atomic E-state index is 12.0. The molecule has 0 radical (unpaired) electrons. The number of para-hydroxylation sites is 1. The SMILES string of the molecule is Cc1ccccc1OC(C)C(=O)NCc1ccncc1. The van der Waals surface area contributed by atoms with Crippen LogP contribution in [-0.4, -0.2) is 17.0 Å². The monoisotopic (exact) mass is 270 g/mol. The molecule has 1 atom stereocenters. The van der Waals surface area contributed by atoms with Gasteiger partial charge < -0.3 is 10.1 Å². The number of aromatic nitrogens is 1. The number of benzene rings is 1. The van der Waals surface area contributed by atoms with Gasteiger partial charge in [-0.25, -0.2) is 0 Å². The maximum Gasteiger partial charge on any atom is 0.261 e. The van der Waals surface area contributed by atoms with E-state index in [2.05, 4.69) is 10.3 Å². The summed E-state index contributed by atoms with van der Waals surface area (Å²) < 4.78 is 5.67. The van der Waals surface area contributed by atoms with Crippen LogP contribution >= 0.6 is 0 Å². The lowest BCUT2D eigenvalue weighted by Crippen LogP contribution is -2.36. The lowest BCUT2D eigenvalue weighted by atomic mass is 10.2. The number of hydrogen-bond acceptors (Lipinski definition) is 3. The van der Waals surface area contributed by atoms with Gasteiger partial charge in [0.05, 0.1) is 0 Å². The van der Waals surface area contributed by atoms with E-state index in [1.54, 1.807) is 19.3 Å². The number of carbonyl (C=O) groups excluding carboxylic acids is 1. The summed E-state index contributed by atoms with van der Waals surface area (Å²) in [6.07, 6.45) is 2.88. The smallest absolute Gasteiger partial charge is 0.261 e. The number of hydrogen-bond donors (Lipinski definition) is 1. The van der Waals surface area contributed by atoms with Gasteiger partial charge in [-0.15, -0.1) is 0 Å². The second-order valence-corrected chi connectivity index (χ2v) is 4.60. The van der Waals surface area contributed by atoms with Gasteiger partial charge in [0.15, 0.2) is 6.10 Å². The van der Waals surface area contributed by atoms with E-state index in [0.717, 1.165) is 16.9 Å². The third kappa shape index (κ3) is 3.82. The van der Waals surface area contributed by atoms with Crippen LogP contribution in [0, 0.1) is 6.92 Å². The highest BCUT2D eigenvalue weighted by molar-refractivity contribution is 5.80. The molecule has 0 fully saturated rings. The first-order valence-electron chi connectivity index (χ1n) is 6.55. The molecule has 1 unspecified atom stereocenters. The average Bonchev–Trinajstić information content (AvgIpc) is 2.48. The standard InChI is InChI=1S/C16H18N2O2/c1-12-5-3-4-6-15(12)20-13(2)16(19)18-11-14-7-9-17-10-8-14/h3-10,13H,11H2,1-2H3,(H,18,19). The van der Waals surface area contributed by atoms with Gasteiger partial charge in [-0.3, -0.25) is 9.78 Å². The van der Waals surface area contributed by atoms with Crippen molar-refractivity contribution >= 4 is 5.91 Å². The molecule has 1 heterocycles. The minimum atomic E-state index is -0.530. The van der Waals surface area contributed by atoms with E-state index in [1.165, 1.54) is 0 Å². The maximum atomic E-state index is 12.0. The van der Waals surface area contributed by atoms with Crippen LogP contribution in [0.5, 0.6) is 5.75 Å². The van der Waals surface area contributed by atoms with Gasteiger partial charge in [0.25, 0.3) is 5.91 Å². The largest absolute Gasteiger partial charge is 0.481 e. The Hall–Kier alpha value is -2.36. The van der Waals surface area contributed by atoms with E-state index in [9.17, 15) is 4.79 Å². The number of nitrogens with zero attached hydrogens (tertiary/aromatic N) is 1. The van der Waals surface area contributed by atoms with Crippen LogP contribution in [0.25, 0.3) is 0 Å². The Morgan fingerprint density at radius 1 is 1.25 bits per heavy atom. The zero-order chi connectivity index (χ0) is 14.4. The number of rotatable bonds is 5. The predicted molar refractivity (Wildman–Crippen MR) is 77.4 cm³/mol. The molecule has 1 aromatic carbocycles. The van der Waals surface area contributed by atoms with Gasteiger partial charge in [0, 0.05) is 18.9 Å². The van der Waals surface area contributed by atoms with E-state index in [-0.39, 0.29) is 5.91 Å². The summed E-state index contributed by atoms with van der Waals surface area (Å²) in [6, 6.07) is 11.4. The number of pyridine rings is 1. The lowest BCUT2D eigenvalue weighted by Gasteiger charge is -2.16. The molecule has 0 spiro atoms. The summed E-state index contributed by atoms with van der Waals surface area (Å²) in [6.45, 7) is 4.17. The highest BCUT2D eigenvalue weighted by Crippen LogP contribution is 2.17. The van der Waals surface area contributed by atoms with Gasteiger partial charge in [-0.1, -0.05) is 18.2 Å². The molecular formula is C16H18N2O2. The van der Waals surface area contributed by atoms with Gasteiger partial charge in [-0.05, 0) is 43.2 Å². The van der Waals surface area contributed by atoms with Crippen molar-refractivity contribution in [1.29, 1.82) is 0 Å². The van der Waals surface area contributed by atoms with E-state index in [0.29, 0.717) is 6.54 Å². The Labute approximate surface area is 118 Å². The second kappa shape index (κ2) is 6.70. The van der Waals surface area contributed by atoms with Gasteiger partial charge in [0.2, 0.25) is 0 Å². The third-order valence-corrected chi connectivity index (χ3v) is 2.98. The van der Waals surface area contributed by atoms with Crippen molar-refractivity contribution in [2.24, 2.45) is 0 Å². The van der Waals surface area contributed by atoms with Crippen molar-refractivity contribution in [3.63, 3.8) is 0 Å². The second-order valence-electron chi connectivity index (χ2n) is 4.60. The number of ether oxygens (including phenoxy) is 1. The average molecular weight is 270 g/mol. The number of nitrogens with one attached hydrogen (secondary N) is 1. The third-order valence-electron chi connectivity index (χ3n) is 2.98. The summed E-state index contributed by atoms with van der Waals surface area (Å²) in [5.41, 5.74) is 2.03. The Balaban J connectivity index is 1.88. The van der Waals surface area contributed by atoms with Crippen molar-refractivity contribution in [2.75, 3.05) is 0 Å². The van der Waals surface area contributed by atoms with E-state index >= 15 is 0 Å². The summed E-state index contributed by atoms with van der Waals surface area (Å²) in [5, 5.41) is 2.85. The number of carbonyl (C=O) groups is 1. The molecule has 0 saturated carbocycles. The molecule has 4 heteroatoms. The zero-order valence-electron chi connectivity index (χ0n) is 11.7. The summed E-state index contributed by atoms with van der Waals surface area (Å²) in [5.74, 6) is 0.601. The molecule has 0 aliphatic rings. The fourth-order valence-electron chi connectivity index (χ4n) is 1.77. The van der Waals surface area contributed by atoms with Crippen molar-refractivity contribution < 1.29 is 9.53 Å². The topological polar surface area (TPSA) is 51.2 Å². The molecular weight excluding hydrogens is 252 g/mol. The lowest BCUT2D eigenvalue weighted by molar-refractivity contribution is -0.127. The number of amides is 1. The van der Waals surface area contributed by atoms with Gasteiger partial charge >= 0.3 is 0 Å². The first-order valence-corrected chi connectivity index (χ1v) is 6.55. The minimum Gasteiger partial charge on any atom is -0.481 e. The summed E-state index contributed by atoms with van der Waals surface area (Å²) in [4.78, 5) is 15.9. The first kappa shape index (κ1) is 14.1. The Morgan fingerprint density at radius 3 is 2.65 bits per heavy atom. The molecule has 0 aliphatic heterocycles. The molecule has 0 saturated heterocycles. The predicted octanol–water partition coefficient (Wildman–Crippen LogP) is 2.47. The molecule has 4 nitrogen and oxygen atoms in total. The zero-order valence-corrected chi connectivity index (χ0v) is 11.7. The van der Waals surface area contributed by atoms with E-state index in [1.807, 2.05) is 43.3 Å². The molecule has 1 N–H and O–H groups in total. The summed E-state index contributed by atoms with van der Waals surface area (Å²) in [7, 11) is 0. The van der Waals surface area contributed by atoms with Crippen LogP contribution in [0.3, 0.4) is 0 Å². The van der Waals surface area contributed by atoms with E-state index in [4.69, 9.17) is 4.74 Å². The molecule has 20 heavy (non-hydrogen) atoms. The van der Waals surface area contributed by atoms with Crippen LogP contribution < -0.4 is 10.1 Å². The fraction of sp³-hybridized carbons (Fsp3) is 0.250. The first-order chi connectivity index (χ1) is 9.66. The molecule has 1 amide bonds. The number of aryl methyl sites for hydroxylation is 1. The van der Waals surface area contributed by atoms with Crippen LogP contribution in [0.1, 0.15) is 18.1 Å². The Bertz CT molecular complexity index is 570. The molecule has 2 rings (SSSR count). The highest BCUT2D eigenvalue weighted by Gasteiger charge is 2.14. The van der Waals surface area contributed by atoms with E-state index < -0.39 is 6.10 Å². The van der Waals surface area contributed by atoms with Crippen molar-refractivity contribution in [3.8, 4) is 5.75 Å². The van der Waals surface area contributed by atoms with Crippen molar-refractivity contribution in [2.45, 2.75) is 26.5 Å². The van der Waals surface area contributed by atoms with Crippen LogP contribution in [-0.2, 0) is 11.3 Å². The fourth-order valence-corrected chi connectivity index (χ4v) is 1.77. The molecule has 1 aromatic heterocycles. The normalized spacial score (nSPS) is 11.7. The Morgan fingerprint density at radius 2 is 1.95 bits per heavy atom. The molecule has 0 bridgehead atoms. The highest BCUT2D eigenvalue weighted by atomic mass is 16.5.